The average molecular weight is 297 g/mol. The number of pyridine rings is 1. The molecule has 20 heavy (non-hydrogen) atoms. The van der Waals surface area contributed by atoms with Crippen molar-refractivity contribution in [2.24, 2.45) is 0 Å². The second kappa shape index (κ2) is 8.44. The molecule has 110 valence electrons. The summed E-state index contributed by atoms with van der Waals surface area (Å²) in [4.78, 5) is 15.9. The number of anilines is 1. The molecule has 7 heteroatoms. The lowest BCUT2D eigenvalue weighted by atomic mass is 10.2. The topological polar surface area (TPSA) is 83.5 Å². The zero-order valence-corrected chi connectivity index (χ0v) is 12.4. The highest BCUT2D eigenvalue weighted by Gasteiger charge is 2.15. The second-order valence-electron chi connectivity index (χ2n) is 4.01. The molecule has 0 spiro atoms. The first-order valence-corrected chi connectivity index (χ1v) is 6.83. The van der Waals surface area contributed by atoms with Crippen molar-refractivity contribution in [2.45, 2.75) is 26.3 Å². The maximum Gasteiger partial charge on any atom is 0.341 e. The molecule has 1 aromatic rings. The highest BCUT2D eigenvalue weighted by molar-refractivity contribution is 7.80. The predicted molar refractivity (Wildman–Crippen MR) is 80.7 cm³/mol. The summed E-state index contributed by atoms with van der Waals surface area (Å²) >= 11 is 5.13. The van der Waals surface area contributed by atoms with E-state index in [-0.39, 0.29) is 19.3 Å². The van der Waals surface area contributed by atoms with Gasteiger partial charge < -0.3 is 20.5 Å². The van der Waals surface area contributed by atoms with E-state index < -0.39 is 5.97 Å². The van der Waals surface area contributed by atoms with E-state index in [0.29, 0.717) is 16.5 Å². The number of aromatic nitrogens is 1. The Hall–Kier alpha value is -1.73. The van der Waals surface area contributed by atoms with Crippen molar-refractivity contribution in [3.63, 3.8) is 0 Å². The zero-order chi connectivity index (χ0) is 15.0. The van der Waals surface area contributed by atoms with Gasteiger partial charge in [-0.15, -0.1) is 0 Å². The van der Waals surface area contributed by atoms with Crippen molar-refractivity contribution in [3.05, 3.63) is 23.9 Å². The van der Waals surface area contributed by atoms with Crippen molar-refractivity contribution in [3.8, 4) is 0 Å². The highest BCUT2D eigenvalue weighted by atomic mass is 32.1. The van der Waals surface area contributed by atoms with Crippen LogP contribution in [-0.2, 0) is 4.74 Å². The van der Waals surface area contributed by atoms with E-state index in [1.807, 2.05) is 6.92 Å². The summed E-state index contributed by atoms with van der Waals surface area (Å²) in [6.45, 7) is 3.94. The largest absolute Gasteiger partial charge is 0.462 e. The number of nitrogens with one attached hydrogen (secondary N) is 2. The van der Waals surface area contributed by atoms with E-state index in [1.54, 1.807) is 25.3 Å². The smallest absolute Gasteiger partial charge is 0.341 e. The number of carbonyl (C=O) groups is 1. The fourth-order valence-corrected chi connectivity index (χ4v) is 1.75. The number of aliphatic hydroxyl groups excluding tert-OH is 1. The first-order valence-electron chi connectivity index (χ1n) is 6.42. The number of rotatable bonds is 6. The molecule has 3 N–H and O–H groups in total. The van der Waals surface area contributed by atoms with Crippen LogP contribution in [-0.4, -0.2) is 40.4 Å². The van der Waals surface area contributed by atoms with E-state index in [0.717, 1.165) is 6.42 Å². The Labute approximate surface area is 123 Å². The van der Waals surface area contributed by atoms with Crippen LogP contribution < -0.4 is 10.6 Å². The van der Waals surface area contributed by atoms with Gasteiger partial charge in [0.2, 0.25) is 0 Å². The van der Waals surface area contributed by atoms with Crippen LogP contribution in [0.15, 0.2) is 18.3 Å². The second-order valence-corrected chi connectivity index (χ2v) is 4.41. The summed E-state index contributed by atoms with van der Waals surface area (Å²) in [5.74, 6) is -0.128. The SMILES string of the molecule is CCOC(=O)c1cccnc1NC(=S)NC(CC)CO. The minimum Gasteiger partial charge on any atom is -0.462 e. The molecule has 0 saturated carbocycles. The van der Waals surface area contributed by atoms with Gasteiger partial charge in [0.1, 0.15) is 11.4 Å². The molecule has 1 heterocycles. The van der Waals surface area contributed by atoms with Crippen LogP contribution >= 0.6 is 12.2 Å². The lowest BCUT2D eigenvalue weighted by molar-refractivity contribution is 0.0527. The van der Waals surface area contributed by atoms with Gasteiger partial charge in [0, 0.05) is 6.20 Å². The number of esters is 1. The Kier molecular flexibility index (Phi) is 6.89. The van der Waals surface area contributed by atoms with Gasteiger partial charge in [0.25, 0.3) is 0 Å². The summed E-state index contributed by atoms with van der Waals surface area (Å²) in [5.41, 5.74) is 0.315. The van der Waals surface area contributed by atoms with Crippen LogP contribution in [0.2, 0.25) is 0 Å². The molecule has 0 aliphatic rings. The quantitative estimate of drug-likeness (QED) is 0.539. The molecule has 1 unspecified atom stereocenters. The standard InChI is InChI=1S/C13H19N3O3S/c1-3-9(8-17)15-13(20)16-11-10(6-5-7-14-11)12(18)19-4-2/h5-7,9,17H,3-4,8H2,1-2H3,(H2,14,15,16,20). The molecule has 0 aromatic carbocycles. The number of ether oxygens (including phenoxy) is 1. The fourth-order valence-electron chi connectivity index (χ4n) is 1.48. The molecule has 0 saturated heterocycles. The molecule has 0 amide bonds. The molecule has 1 aromatic heterocycles. The molecule has 0 aliphatic carbocycles. The van der Waals surface area contributed by atoms with Gasteiger partial charge in [-0.2, -0.15) is 0 Å². The van der Waals surface area contributed by atoms with Crippen molar-refractivity contribution < 1.29 is 14.6 Å². The number of thiocarbonyl (C=S) groups is 1. The summed E-state index contributed by atoms with van der Waals surface area (Å²) in [7, 11) is 0. The molecule has 0 aliphatic heterocycles. The molecular weight excluding hydrogens is 278 g/mol. The first kappa shape index (κ1) is 16.3. The van der Waals surface area contributed by atoms with Gasteiger partial charge in [0.15, 0.2) is 5.11 Å². The summed E-state index contributed by atoms with van der Waals surface area (Å²) in [5, 5.41) is 15.2. The van der Waals surface area contributed by atoms with Crippen LogP contribution in [0.5, 0.6) is 0 Å². The Balaban J connectivity index is 2.77. The zero-order valence-electron chi connectivity index (χ0n) is 11.5. The van der Waals surface area contributed by atoms with E-state index in [1.165, 1.54) is 0 Å². The number of nitrogens with zero attached hydrogens (tertiary/aromatic N) is 1. The monoisotopic (exact) mass is 297 g/mol. The average Bonchev–Trinajstić information content (AvgIpc) is 2.45. The number of aliphatic hydroxyl groups is 1. The Morgan fingerprint density at radius 1 is 1.55 bits per heavy atom. The lowest BCUT2D eigenvalue weighted by Gasteiger charge is -2.17. The molecule has 0 radical (unpaired) electrons. The number of hydrogen-bond acceptors (Lipinski definition) is 5. The molecule has 1 atom stereocenters. The number of carbonyl (C=O) groups excluding carboxylic acids is 1. The van der Waals surface area contributed by atoms with Gasteiger partial charge >= 0.3 is 5.97 Å². The third-order valence-electron chi connectivity index (χ3n) is 2.58. The maximum atomic E-state index is 11.8. The minimum absolute atomic E-state index is 0.0225. The van der Waals surface area contributed by atoms with Gasteiger partial charge in [-0.05, 0) is 37.7 Å². The molecule has 6 nitrogen and oxygen atoms in total. The van der Waals surface area contributed by atoms with Crippen molar-refractivity contribution >= 4 is 29.1 Å². The Morgan fingerprint density at radius 2 is 2.30 bits per heavy atom. The van der Waals surface area contributed by atoms with Crippen LogP contribution in [0.1, 0.15) is 30.6 Å². The van der Waals surface area contributed by atoms with Crippen LogP contribution in [0.4, 0.5) is 5.82 Å². The lowest BCUT2D eigenvalue weighted by Crippen LogP contribution is -2.40. The van der Waals surface area contributed by atoms with Crippen molar-refractivity contribution in [1.82, 2.24) is 10.3 Å². The first-order chi connectivity index (χ1) is 9.62. The third kappa shape index (κ3) is 4.75. The Morgan fingerprint density at radius 3 is 2.90 bits per heavy atom. The van der Waals surface area contributed by atoms with E-state index >= 15 is 0 Å². The van der Waals surface area contributed by atoms with Crippen molar-refractivity contribution in [2.75, 3.05) is 18.5 Å². The molecule has 0 fully saturated rings. The molecule has 0 bridgehead atoms. The van der Waals surface area contributed by atoms with Gasteiger partial charge in [-0.3, -0.25) is 0 Å². The Bertz CT molecular complexity index is 464. The summed E-state index contributed by atoms with van der Waals surface area (Å²) in [6, 6.07) is 3.13. The summed E-state index contributed by atoms with van der Waals surface area (Å²) in [6.07, 6.45) is 2.28. The van der Waals surface area contributed by atoms with Crippen molar-refractivity contribution in [1.29, 1.82) is 0 Å². The van der Waals surface area contributed by atoms with Crippen LogP contribution in [0, 0.1) is 0 Å². The normalized spacial score (nSPS) is 11.6. The minimum atomic E-state index is -0.458. The fraction of sp³-hybridized carbons (Fsp3) is 0.462. The van der Waals surface area contributed by atoms with E-state index in [2.05, 4.69) is 15.6 Å². The summed E-state index contributed by atoms with van der Waals surface area (Å²) < 4.78 is 4.95. The highest BCUT2D eigenvalue weighted by Crippen LogP contribution is 2.12. The van der Waals surface area contributed by atoms with Gasteiger partial charge in [-0.1, -0.05) is 6.92 Å². The third-order valence-corrected chi connectivity index (χ3v) is 2.80. The van der Waals surface area contributed by atoms with Crippen LogP contribution in [0.25, 0.3) is 0 Å². The van der Waals surface area contributed by atoms with Gasteiger partial charge in [-0.25, -0.2) is 9.78 Å². The predicted octanol–water partition coefficient (Wildman–Crippen LogP) is 1.32. The van der Waals surface area contributed by atoms with E-state index in [9.17, 15) is 4.79 Å². The van der Waals surface area contributed by atoms with Gasteiger partial charge in [0.05, 0.1) is 19.3 Å². The molecular formula is C13H19N3O3S. The molecule has 1 rings (SSSR count). The number of hydrogen-bond donors (Lipinski definition) is 3. The maximum absolute atomic E-state index is 11.8. The van der Waals surface area contributed by atoms with E-state index in [4.69, 9.17) is 22.1 Å². The van der Waals surface area contributed by atoms with Crippen LogP contribution in [0.3, 0.4) is 0 Å².